The quantitative estimate of drug-likeness (QED) is 0.408. The Morgan fingerprint density at radius 3 is 2.62 bits per heavy atom. The van der Waals surface area contributed by atoms with Crippen LogP contribution in [0.25, 0.3) is 10.9 Å². The lowest BCUT2D eigenvalue weighted by molar-refractivity contribution is -0.147. The van der Waals surface area contributed by atoms with Crippen LogP contribution in [0.4, 0.5) is 29.3 Å². The molecule has 1 aromatic carbocycles. The number of rotatable bonds is 4. The van der Waals surface area contributed by atoms with Crippen LogP contribution in [0.3, 0.4) is 0 Å². The van der Waals surface area contributed by atoms with Gasteiger partial charge in [0.15, 0.2) is 0 Å². The van der Waals surface area contributed by atoms with Gasteiger partial charge < -0.3 is 15.6 Å². The van der Waals surface area contributed by atoms with Gasteiger partial charge in [0.05, 0.1) is 34.8 Å². The van der Waals surface area contributed by atoms with E-state index in [2.05, 4.69) is 20.6 Å². The maximum Gasteiger partial charge on any atom is 0.401 e. The van der Waals surface area contributed by atoms with Crippen LogP contribution in [0.5, 0.6) is 0 Å². The number of piperidine rings is 1. The van der Waals surface area contributed by atoms with Gasteiger partial charge in [0, 0.05) is 28.0 Å². The molecule has 0 aliphatic carbocycles. The number of aromatic amines is 1. The number of likely N-dealkylation sites (tertiary alicyclic amines) is 1. The number of H-pyrrole nitrogens is 1. The summed E-state index contributed by atoms with van der Waals surface area (Å²) in [5.41, 5.74) is 2.44. The number of nitrogens with one attached hydrogen (secondary N) is 3. The van der Waals surface area contributed by atoms with Gasteiger partial charge in [0.2, 0.25) is 0 Å². The Hall–Kier alpha value is -2.49. The average Bonchev–Trinajstić information content (AvgIpc) is 3.09. The summed E-state index contributed by atoms with van der Waals surface area (Å²) in [7, 11) is 0. The molecule has 0 unspecified atom stereocenters. The van der Waals surface area contributed by atoms with Crippen molar-refractivity contribution < 1.29 is 18.0 Å². The van der Waals surface area contributed by atoms with Crippen molar-refractivity contribution in [2.24, 2.45) is 0 Å². The van der Waals surface area contributed by atoms with Crippen LogP contribution in [0, 0.1) is 0 Å². The monoisotopic (exact) mass is 485 g/mol. The molecule has 170 valence electrons. The zero-order valence-electron chi connectivity index (χ0n) is 16.8. The maximum atomic E-state index is 12.6. The number of benzene rings is 1. The van der Waals surface area contributed by atoms with Crippen molar-refractivity contribution in [3.63, 3.8) is 0 Å². The van der Waals surface area contributed by atoms with Crippen molar-refractivity contribution in [3.05, 3.63) is 52.4 Å². The van der Waals surface area contributed by atoms with Gasteiger partial charge >= 0.3 is 12.2 Å². The Bertz CT molecular complexity index is 1130. The van der Waals surface area contributed by atoms with E-state index in [9.17, 15) is 18.0 Å². The second kappa shape index (κ2) is 9.17. The van der Waals surface area contributed by atoms with E-state index in [1.807, 2.05) is 6.07 Å². The first-order chi connectivity index (χ1) is 15.2. The standard InChI is InChI=1S/C21H20Cl2F3N5O/c22-13-1-2-17-15(7-13)18(10-27-17)30-20(32)29-14-8-16(23)19(28-9-14)12-3-5-31(6-4-12)11-21(24,25)26/h1-2,7-10,12,27H,3-6,11H2,(H2,29,30,32). The molecule has 1 aliphatic rings. The van der Waals surface area contributed by atoms with Crippen LogP contribution in [0.15, 0.2) is 36.7 Å². The van der Waals surface area contributed by atoms with E-state index >= 15 is 0 Å². The summed E-state index contributed by atoms with van der Waals surface area (Å²) in [6.45, 7) is -0.236. The zero-order valence-corrected chi connectivity index (χ0v) is 18.3. The van der Waals surface area contributed by atoms with Crippen LogP contribution >= 0.6 is 23.2 Å². The predicted octanol–water partition coefficient (Wildman–Crippen LogP) is 6.26. The Morgan fingerprint density at radius 1 is 1.19 bits per heavy atom. The molecule has 3 aromatic rings. The Morgan fingerprint density at radius 2 is 1.94 bits per heavy atom. The van der Waals surface area contributed by atoms with E-state index in [1.54, 1.807) is 24.4 Å². The fourth-order valence-electron chi connectivity index (χ4n) is 3.92. The summed E-state index contributed by atoms with van der Waals surface area (Å²) in [4.78, 5) is 21.2. The minimum Gasteiger partial charge on any atom is -0.359 e. The summed E-state index contributed by atoms with van der Waals surface area (Å²) in [6, 6.07) is 6.43. The summed E-state index contributed by atoms with van der Waals surface area (Å²) in [5.74, 6) is -0.0224. The molecule has 3 heterocycles. The SMILES string of the molecule is O=C(Nc1cnc(C2CCN(CC(F)(F)F)CC2)c(Cl)c1)Nc1c[nH]c2ccc(Cl)cc12. The van der Waals surface area contributed by atoms with Crippen LogP contribution in [-0.2, 0) is 0 Å². The highest BCUT2D eigenvalue weighted by Gasteiger charge is 2.33. The first kappa shape index (κ1) is 22.7. The van der Waals surface area contributed by atoms with Crippen molar-refractivity contribution >= 4 is 51.5 Å². The second-order valence-corrected chi connectivity index (χ2v) is 8.57. The number of alkyl halides is 3. The third-order valence-corrected chi connectivity index (χ3v) is 5.93. The lowest BCUT2D eigenvalue weighted by Gasteiger charge is -2.32. The molecule has 3 N–H and O–H groups in total. The second-order valence-electron chi connectivity index (χ2n) is 7.73. The molecular weight excluding hydrogens is 466 g/mol. The van der Waals surface area contributed by atoms with E-state index in [-0.39, 0.29) is 5.92 Å². The van der Waals surface area contributed by atoms with Crippen molar-refractivity contribution in [1.29, 1.82) is 0 Å². The van der Waals surface area contributed by atoms with Crippen LogP contribution in [0.2, 0.25) is 10.0 Å². The number of anilines is 2. The third-order valence-electron chi connectivity index (χ3n) is 5.40. The zero-order chi connectivity index (χ0) is 22.9. The van der Waals surface area contributed by atoms with Crippen molar-refractivity contribution in [1.82, 2.24) is 14.9 Å². The molecule has 6 nitrogen and oxygen atoms in total. The minimum absolute atomic E-state index is 0.0224. The number of amides is 2. The molecule has 0 bridgehead atoms. The largest absolute Gasteiger partial charge is 0.401 e. The lowest BCUT2D eigenvalue weighted by Crippen LogP contribution is -2.39. The fourth-order valence-corrected chi connectivity index (χ4v) is 4.41. The summed E-state index contributed by atoms with van der Waals surface area (Å²) in [5, 5.41) is 7.14. The van der Waals surface area contributed by atoms with Crippen LogP contribution in [0.1, 0.15) is 24.5 Å². The number of carbonyl (C=O) groups is 1. The number of pyridine rings is 1. The van der Waals surface area contributed by atoms with Crippen molar-refractivity contribution in [2.75, 3.05) is 30.3 Å². The van der Waals surface area contributed by atoms with Crippen LogP contribution in [-0.4, -0.2) is 46.7 Å². The Labute approximate surface area is 192 Å². The van der Waals surface area contributed by atoms with Gasteiger partial charge in [-0.3, -0.25) is 9.88 Å². The number of urea groups is 1. The highest BCUT2D eigenvalue weighted by atomic mass is 35.5. The van der Waals surface area contributed by atoms with E-state index in [1.165, 1.54) is 11.1 Å². The molecule has 32 heavy (non-hydrogen) atoms. The van der Waals surface area contributed by atoms with E-state index in [0.717, 1.165) is 10.9 Å². The topological polar surface area (TPSA) is 73.1 Å². The number of carbonyl (C=O) groups excluding carboxylic acids is 1. The number of halogens is 5. The number of aromatic nitrogens is 2. The summed E-state index contributed by atoms with van der Waals surface area (Å²) >= 11 is 12.4. The van der Waals surface area contributed by atoms with Gasteiger partial charge in [-0.15, -0.1) is 0 Å². The summed E-state index contributed by atoms with van der Waals surface area (Å²) < 4.78 is 37.7. The highest BCUT2D eigenvalue weighted by molar-refractivity contribution is 6.32. The number of fused-ring (bicyclic) bond motifs is 1. The van der Waals surface area contributed by atoms with Gasteiger partial charge in [-0.2, -0.15) is 13.2 Å². The number of nitrogens with zero attached hydrogens (tertiary/aromatic N) is 2. The lowest BCUT2D eigenvalue weighted by atomic mass is 9.93. The highest BCUT2D eigenvalue weighted by Crippen LogP contribution is 2.33. The molecule has 0 radical (unpaired) electrons. The van der Waals surface area contributed by atoms with Crippen LogP contribution < -0.4 is 10.6 Å². The van der Waals surface area contributed by atoms with Crippen molar-refractivity contribution in [2.45, 2.75) is 24.9 Å². The molecular formula is C21H20Cl2F3N5O. The molecule has 1 fully saturated rings. The summed E-state index contributed by atoms with van der Waals surface area (Å²) in [6.07, 6.45) is 0.0446. The maximum absolute atomic E-state index is 12.6. The van der Waals surface area contributed by atoms with Gasteiger partial charge in [0.1, 0.15) is 0 Å². The minimum atomic E-state index is -4.20. The third kappa shape index (κ3) is 5.46. The first-order valence-electron chi connectivity index (χ1n) is 9.97. The average molecular weight is 486 g/mol. The van der Waals surface area contributed by atoms with E-state index < -0.39 is 18.8 Å². The Balaban J connectivity index is 1.37. The molecule has 0 atom stereocenters. The molecule has 0 saturated carbocycles. The first-order valence-corrected chi connectivity index (χ1v) is 10.7. The number of hydrogen-bond acceptors (Lipinski definition) is 3. The predicted molar refractivity (Wildman–Crippen MR) is 120 cm³/mol. The number of hydrogen-bond donors (Lipinski definition) is 3. The van der Waals surface area contributed by atoms with Gasteiger partial charge in [0.25, 0.3) is 0 Å². The fraction of sp³-hybridized carbons (Fsp3) is 0.333. The normalized spacial score (nSPS) is 15.8. The molecule has 1 saturated heterocycles. The Kier molecular flexibility index (Phi) is 6.50. The smallest absolute Gasteiger partial charge is 0.359 e. The van der Waals surface area contributed by atoms with E-state index in [0.29, 0.717) is 53.0 Å². The molecule has 1 aliphatic heterocycles. The molecule has 2 amide bonds. The molecule has 11 heteroatoms. The van der Waals surface area contributed by atoms with Gasteiger partial charge in [-0.1, -0.05) is 23.2 Å². The molecule has 2 aromatic heterocycles. The van der Waals surface area contributed by atoms with Gasteiger partial charge in [-0.25, -0.2) is 4.79 Å². The van der Waals surface area contributed by atoms with Gasteiger partial charge in [-0.05, 0) is 50.2 Å². The molecule has 0 spiro atoms. The van der Waals surface area contributed by atoms with Crippen molar-refractivity contribution in [3.8, 4) is 0 Å². The molecule has 4 rings (SSSR count). The van der Waals surface area contributed by atoms with E-state index in [4.69, 9.17) is 23.2 Å².